The second-order valence-electron chi connectivity index (χ2n) is 5.00. The molecule has 1 aromatic heterocycles. The van der Waals surface area contributed by atoms with E-state index in [1.165, 1.54) is 12.1 Å². The fraction of sp³-hybridized carbons (Fsp3) is 0.0556. The van der Waals surface area contributed by atoms with E-state index in [9.17, 15) is 4.39 Å². The highest BCUT2D eigenvalue weighted by Crippen LogP contribution is 2.17. The highest BCUT2D eigenvalue weighted by atomic mass is 19.1. The number of anilines is 1. The molecular formula is C18H16FN3. The lowest BCUT2D eigenvalue weighted by atomic mass is 10.1. The quantitative estimate of drug-likeness (QED) is 0.765. The standard InChI is InChI=1S/C18H16FN3/c1-14(13-15-7-9-16(19)10-8-15)21-18-11-12-20-22(18)17-5-3-2-4-6-17/h2-12,21H,1,13H2. The van der Waals surface area contributed by atoms with Crippen LogP contribution in [0.3, 0.4) is 0 Å². The van der Waals surface area contributed by atoms with E-state index in [-0.39, 0.29) is 5.82 Å². The van der Waals surface area contributed by atoms with E-state index in [0.717, 1.165) is 22.8 Å². The number of halogens is 1. The lowest BCUT2D eigenvalue weighted by Gasteiger charge is -2.12. The molecule has 1 heterocycles. The zero-order valence-electron chi connectivity index (χ0n) is 12.0. The van der Waals surface area contributed by atoms with Crippen molar-refractivity contribution >= 4 is 5.82 Å². The van der Waals surface area contributed by atoms with Crippen molar-refractivity contribution in [3.63, 3.8) is 0 Å². The van der Waals surface area contributed by atoms with Gasteiger partial charge in [0.1, 0.15) is 11.6 Å². The highest BCUT2D eigenvalue weighted by molar-refractivity contribution is 5.48. The Labute approximate surface area is 128 Å². The second-order valence-corrected chi connectivity index (χ2v) is 5.00. The Morgan fingerprint density at radius 2 is 1.77 bits per heavy atom. The van der Waals surface area contributed by atoms with Crippen LogP contribution in [0.5, 0.6) is 0 Å². The average Bonchev–Trinajstić information content (AvgIpc) is 2.98. The summed E-state index contributed by atoms with van der Waals surface area (Å²) < 4.78 is 14.7. The van der Waals surface area contributed by atoms with Gasteiger partial charge < -0.3 is 5.32 Å². The van der Waals surface area contributed by atoms with Crippen molar-refractivity contribution in [3.8, 4) is 5.69 Å². The van der Waals surface area contributed by atoms with Gasteiger partial charge in [-0.1, -0.05) is 36.9 Å². The van der Waals surface area contributed by atoms with Crippen LogP contribution in [0.4, 0.5) is 10.2 Å². The molecule has 0 saturated heterocycles. The van der Waals surface area contributed by atoms with E-state index < -0.39 is 0 Å². The highest BCUT2D eigenvalue weighted by Gasteiger charge is 2.06. The lowest BCUT2D eigenvalue weighted by molar-refractivity contribution is 0.627. The molecule has 0 saturated carbocycles. The normalized spacial score (nSPS) is 10.4. The smallest absolute Gasteiger partial charge is 0.133 e. The maximum atomic E-state index is 12.9. The van der Waals surface area contributed by atoms with Gasteiger partial charge >= 0.3 is 0 Å². The van der Waals surface area contributed by atoms with Gasteiger partial charge in [-0.2, -0.15) is 5.10 Å². The fourth-order valence-electron chi connectivity index (χ4n) is 2.25. The van der Waals surface area contributed by atoms with Crippen LogP contribution in [0.2, 0.25) is 0 Å². The predicted octanol–water partition coefficient (Wildman–Crippen LogP) is 4.18. The van der Waals surface area contributed by atoms with Crippen molar-refractivity contribution in [1.29, 1.82) is 0 Å². The van der Waals surface area contributed by atoms with Crippen LogP contribution in [-0.2, 0) is 6.42 Å². The number of hydrogen-bond acceptors (Lipinski definition) is 2. The molecular weight excluding hydrogens is 277 g/mol. The Hall–Kier alpha value is -2.88. The minimum Gasteiger partial charge on any atom is -0.344 e. The summed E-state index contributed by atoms with van der Waals surface area (Å²) in [5.74, 6) is 0.614. The molecule has 0 aliphatic rings. The molecule has 0 unspecified atom stereocenters. The van der Waals surface area contributed by atoms with Crippen molar-refractivity contribution in [2.75, 3.05) is 5.32 Å². The van der Waals surface area contributed by atoms with Crippen molar-refractivity contribution < 1.29 is 4.39 Å². The zero-order chi connectivity index (χ0) is 15.4. The number of para-hydroxylation sites is 1. The molecule has 3 aromatic rings. The first kappa shape index (κ1) is 14.1. The Balaban J connectivity index is 1.73. The molecule has 3 nitrogen and oxygen atoms in total. The molecule has 0 atom stereocenters. The number of benzene rings is 2. The van der Waals surface area contributed by atoms with Gasteiger partial charge in [0.2, 0.25) is 0 Å². The number of hydrogen-bond donors (Lipinski definition) is 1. The number of nitrogens with zero attached hydrogens (tertiary/aromatic N) is 2. The van der Waals surface area contributed by atoms with Crippen molar-refractivity contribution in [1.82, 2.24) is 9.78 Å². The minimum absolute atomic E-state index is 0.232. The van der Waals surface area contributed by atoms with Crippen LogP contribution in [0, 0.1) is 5.82 Å². The molecule has 0 spiro atoms. The maximum absolute atomic E-state index is 12.9. The van der Waals surface area contributed by atoms with E-state index in [1.54, 1.807) is 18.3 Å². The average molecular weight is 293 g/mol. The molecule has 0 amide bonds. The van der Waals surface area contributed by atoms with E-state index in [1.807, 2.05) is 41.1 Å². The summed E-state index contributed by atoms with van der Waals surface area (Å²) in [4.78, 5) is 0. The van der Waals surface area contributed by atoms with E-state index in [2.05, 4.69) is 17.0 Å². The van der Waals surface area contributed by atoms with Crippen LogP contribution in [0.1, 0.15) is 5.56 Å². The summed E-state index contributed by atoms with van der Waals surface area (Å²) in [7, 11) is 0. The van der Waals surface area contributed by atoms with E-state index in [4.69, 9.17) is 0 Å². The van der Waals surface area contributed by atoms with Crippen molar-refractivity contribution in [2.45, 2.75) is 6.42 Å². The van der Waals surface area contributed by atoms with Gasteiger partial charge in [-0.3, -0.25) is 0 Å². The van der Waals surface area contributed by atoms with Crippen LogP contribution in [0.15, 0.2) is 79.1 Å². The summed E-state index contributed by atoms with van der Waals surface area (Å²) in [6.07, 6.45) is 2.36. The molecule has 0 aliphatic heterocycles. The molecule has 1 N–H and O–H groups in total. The van der Waals surface area contributed by atoms with Crippen LogP contribution < -0.4 is 5.32 Å². The SMILES string of the molecule is C=C(Cc1ccc(F)cc1)Nc1ccnn1-c1ccccc1. The number of allylic oxidation sites excluding steroid dienone is 1. The van der Waals surface area contributed by atoms with Gasteiger partial charge in [0.15, 0.2) is 0 Å². The van der Waals surface area contributed by atoms with Crippen LogP contribution in [-0.4, -0.2) is 9.78 Å². The largest absolute Gasteiger partial charge is 0.344 e. The Morgan fingerprint density at radius 3 is 2.50 bits per heavy atom. The van der Waals surface area contributed by atoms with Gasteiger partial charge in [0.05, 0.1) is 11.9 Å². The predicted molar refractivity (Wildman–Crippen MR) is 86.4 cm³/mol. The Bertz CT molecular complexity index is 761. The Morgan fingerprint density at radius 1 is 1.05 bits per heavy atom. The summed E-state index contributed by atoms with van der Waals surface area (Å²) in [5, 5.41) is 7.59. The van der Waals surface area contributed by atoms with Gasteiger partial charge in [-0.15, -0.1) is 0 Å². The third-order valence-electron chi connectivity index (χ3n) is 3.28. The Kier molecular flexibility index (Phi) is 4.01. The lowest BCUT2D eigenvalue weighted by Crippen LogP contribution is -2.07. The second kappa shape index (κ2) is 6.26. The summed E-state index contributed by atoms with van der Waals surface area (Å²) >= 11 is 0. The molecule has 4 heteroatoms. The van der Waals surface area contributed by atoms with Crippen molar-refractivity contribution in [3.05, 3.63) is 90.5 Å². The van der Waals surface area contributed by atoms with Gasteiger partial charge in [0.25, 0.3) is 0 Å². The first-order valence-electron chi connectivity index (χ1n) is 7.01. The van der Waals surface area contributed by atoms with Crippen LogP contribution >= 0.6 is 0 Å². The molecule has 0 bridgehead atoms. The molecule has 3 rings (SSSR count). The molecule has 0 radical (unpaired) electrons. The third-order valence-corrected chi connectivity index (χ3v) is 3.28. The minimum atomic E-state index is -0.232. The number of nitrogens with one attached hydrogen (secondary N) is 1. The molecule has 2 aromatic carbocycles. The third kappa shape index (κ3) is 3.23. The molecule has 0 fully saturated rings. The molecule has 0 aliphatic carbocycles. The number of rotatable bonds is 5. The topological polar surface area (TPSA) is 29.9 Å². The summed E-state index contributed by atoms with van der Waals surface area (Å²) in [6, 6.07) is 18.2. The zero-order valence-corrected chi connectivity index (χ0v) is 12.0. The monoisotopic (exact) mass is 293 g/mol. The molecule has 110 valence electrons. The molecule has 22 heavy (non-hydrogen) atoms. The van der Waals surface area contributed by atoms with Crippen molar-refractivity contribution in [2.24, 2.45) is 0 Å². The van der Waals surface area contributed by atoms with E-state index in [0.29, 0.717) is 6.42 Å². The fourth-order valence-corrected chi connectivity index (χ4v) is 2.25. The number of aromatic nitrogens is 2. The van der Waals surface area contributed by atoms with Crippen LogP contribution in [0.25, 0.3) is 5.69 Å². The first-order chi connectivity index (χ1) is 10.7. The van der Waals surface area contributed by atoms with E-state index >= 15 is 0 Å². The van der Waals surface area contributed by atoms with Gasteiger partial charge in [-0.05, 0) is 29.8 Å². The van der Waals surface area contributed by atoms with Gasteiger partial charge in [0, 0.05) is 18.2 Å². The maximum Gasteiger partial charge on any atom is 0.133 e. The first-order valence-corrected chi connectivity index (χ1v) is 7.01. The summed E-state index contributed by atoms with van der Waals surface area (Å²) in [6.45, 7) is 4.04. The summed E-state index contributed by atoms with van der Waals surface area (Å²) in [5.41, 5.74) is 2.80. The van der Waals surface area contributed by atoms with Gasteiger partial charge in [-0.25, -0.2) is 9.07 Å².